The van der Waals surface area contributed by atoms with Gasteiger partial charge in [-0.05, 0) is 56.4 Å². The molecule has 1 amide bonds. The lowest BCUT2D eigenvalue weighted by atomic mass is 9.93. The molecule has 1 saturated heterocycles. The number of likely N-dealkylation sites (tertiary alicyclic amines) is 1. The number of ether oxygens (including phenoxy) is 2. The Bertz CT molecular complexity index is 1640. The summed E-state index contributed by atoms with van der Waals surface area (Å²) in [5.41, 5.74) is 1.64. The zero-order chi connectivity index (χ0) is 29.8. The van der Waals surface area contributed by atoms with Crippen molar-refractivity contribution in [1.29, 1.82) is 0 Å². The van der Waals surface area contributed by atoms with Crippen LogP contribution in [0.5, 0.6) is 17.2 Å². The molecule has 1 saturated carbocycles. The molecule has 43 heavy (non-hydrogen) atoms. The van der Waals surface area contributed by atoms with Crippen LogP contribution < -0.4 is 25.4 Å². The zero-order valence-corrected chi connectivity index (χ0v) is 23.8. The van der Waals surface area contributed by atoms with Crippen LogP contribution in [-0.4, -0.2) is 63.3 Å². The highest BCUT2D eigenvalue weighted by molar-refractivity contribution is 5.95. The van der Waals surface area contributed by atoms with Crippen LogP contribution in [-0.2, 0) is 4.79 Å². The Morgan fingerprint density at radius 2 is 1.84 bits per heavy atom. The number of hydrogen-bond acceptors (Lipinski definition) is 10. The van der Waals surface area contributed by atoms with Crippen molar-refractivity contribution in [2.75, 3.05) is 36.1 Å². The molecular weight excluding hydrogens is 551 g/mol. The van der Waals surface area contributed by atoms with Gasteiger partial charge in [0, 0.05) is 48.8 Å². The second-order valence-electron chi connectivity index (χ2n) is 10.7. The number of amides is 1. The fourth-order valence-electron chi connectivity index (χ4n) is 5.22. The number of benzene rings is 2. The topological polar surface area (TPSA) is 126 Å². The molecule has 3 heterocycles. The van der Waals surface area contributed by atoms with E-state index in [1.54, 1.807) is 30.2 Å². The van der Waals surface area contributed by atoms with Gasteiger partial charge < -0.3 is 30.3 Å². The first-order valence-electron chi connectivity index (χ1n) is 14.3. The van der Waals surface area contributed by atoms with E-state index < -0.39 is 5.82 Å². The van der Waals surface area contributed by atoms with Gasteiger partial charge in [-0.15, -0.1) is 5.10 Å². The molecule has 0 spiro atoms. The molecule has 0 atom stereocenters. The average Bonchev–Trinajstić information content (AvgIpc) is 3.00. The molecule has 6 rings (SSSR count). The third kappa shape index (κ3) is 6.42. The van der Waals surface area contributed by atoms with Crippen LogP contribution in [0.4, 0.5) is 27.4 Å². The largest absolute Gasteiger partial charge is 0.495 e. The Balaban J connectivity index is 1.18. The Kier molecular flexibility index (Phi) is 8.16. The van der Waals surface area contributed by atoms with E-state index in [0.717, 1.165) is 31.4 Å². The number of halogens is 1. The average molecular weight is 585 g/mol. The lowest BCUT2D eigenvalue weighted by Crippen LogP contribution is -2.41. The molecule has 1 aliphatic carbocycles. The molecule has 2 aliphatic rings. The van der Waals surface area contributed by atoms with Crippen molar-refractivity contribution in [1.82, 2.24) is 25.1 Å². The normalized spacial score (nSPS) is 15.4. The van der Waals surface area contributed by atoms with Crippen molar-refractivity contribution in [3.63, 3.8) is 0 Å². The van der Waals surface area contributed by atoms with Gasteiger partial charge in [0.15, 0.2) is 11.6 Å². The lowest BCUT2D eigenvalue weighted by Gasteiger charge is -2.32. The van der Waals surface area contributed by atoms with Gasteiger partial charge >= 0.3 is 0 Å². The van der Waals surface area contributed by atoms with E-state index in [1.807, 2.05) is 12.1 Å². The van der Waals surface area contributed by atoms with E-state index in [9.17, 15) is 4.79 Å². The summed E-state index contributed by atoms with van der Waals surface area (Å²) in [6, 6.07) is 10.6. The standard InChI is InChI=1S/C31H33FN8O3/c1-3-30(41)40-11-9-20(10-12-40)36-27-15-23-26(16-28(27)42-2)33-18-34-31(23)38-25-8-7-21(13-24(25)32)43-22-14-29(39-35-17-22)37-19-5-4-6-19/h3,7-8,13-20,36H,1,4-6,9-12H2,2H3,(H,37,39)(H,33,34,38). The minimum Gasteiger partial charge on any atom is -0.495 e. The summed E-state index contributed by atoms with van der Waals surface area (Å²) in [5, 5.41) is 18.8. The minimum absolute atomic E-state index is 0.0542. The number of fused-ring (bicyclic) bond motifs is 1. The molecule has 4 aromatic rings. The maximum absolute atomic E-state index is 15.3. The van der Waals surface area contributed by atoms with E-state index in [-0.39, 0.29) is 17.6 Å². The predicted molar refractivity (Wildman–Crippen MR) is 163 cm³/mol. The summed E-state index contributed by atoms with van der Waals surface area (Å²) in [6.07, 6.45) is 9.25. The summed E-state index contributed by atoms with van der Waals surface area (Å²) in [4.78, 5) is 22.5. The van der Waals surface area contributed by atoms with Gasteiger partial charge in [-0.3, -0.25) is 4.79 Å². The first-order chi connectivity index (χ1) is 21.0. The zero-order valence-electron chi connectivity index (χ0n) is 23.8. The Morgan fingerprint density at radius 1 is 1.02 bits per heavy atom. The number of carbonyl (C=O) groups excluding carboxylic acids is 1. The number of anilines is 4. The molecule has 3 N–H and O–H groups in total. The molecular formula is C31H33FN8O3. The summed E-state index contributed by atoms with van der Waals surface area (Å²) in [6.45, 7) is 4.86. The number of nitrogens with zero attached hydrogens (tertiary/aromatic N) is 5. The number of piperidine rings is 1. The van der Waals surface area contributed by atoms with Crippen LogP contribution in [0.25, 0.3) is 10.9 Å². The fourth-order valence-corrected chi connectivity index (χ4v) is 5.22. The first-order valence-corrected chi connectivity index (χ1v) is 14.3. The van der Waals surface area contributed by atoms with Crippen LogP contribution in [0.15, 0.2) is 61.6 Å². The van der Waals surface area contributed by atoms with Crippen LogP contribution >= 0.6 is 0 Å². The van der Waals surface area contributed by atoms with Gasteiger partial charge in [-0.1, -0.05) is 6.58 Å². The highest BCUT2D eigenvalue weighted by Gasteiger charge is 2.23. The smallest absolute Gasteiger partial charge is 0.245 e. The summed E-state index contributed by atoms with van der Waals surface area (Å²) < 4.78 is 26.8. The predicted octanol–water partition coefficient (Wildman–Crippen LogP) is 5.66. The first kappa shape index (κ1) is 28.1. The highest BCUT2D eigenvalue weighted by Crippen LogP contribution is 2.35. The Labute approximate surface area is 248 Å². The molecule has 0 unspecified atom stereocenters. The fraction of sp³-hybridized carbons (Fsp3) is 0.323. The third-order valence-electron chi connectivity index (χ3n) is 7.81. The molecule has 2 fully saturated rings. The summed E-state index contributed by atoms with van der Waals surface area (Å²) in [7, 11) is 1.60. The van der Waals surface area contributed by atoms with Crippen LogP contribution in [0.3, 0.4) is 0 Å². The molecule has 2 aromatic heterocycles. The lowest BCUT2D eigenvalue weighted by molar-refractivity contribution is -0.126. The van der Waals surface area contributed by atoms with Crippen molar-refractivity contribution in [3.8, 4) is 17.2 Å². The van der Waals surface area contributed by atoms with Crippen molar-refractivity contribution in [2.24, 2.45) is 0 Å². The van der Waals surface area contributed by atoms with Crippen LogP contribution in [0, 0.1) is 5.82 Å². The van der Waals surface area contributed by atoms with Gasteiger partial charge in [-0.25, -0.2) is 14.4 Å². The molecule has 0 radical (unpaired) electrons. The monoisotopic (exact) mass is 584 g/mol. The van der Waals surface area contributed by atoms with Gasteiger partial charge in [0.2, 0.25) is 5.91 Å². The summed E-state index contributed by atoms with van der Waals surface area (Å²) in [5.74, 6) is 1.94. The molecule has 1 aliphatic heterocycles. The molecule has 222 valence electrons. The molecule has 0 bridgehead atoms. The number of carbonyl (C=O) groups is 1. The van der Waals surface area contributed by atoms with Crippen molar-refractivity contribution in [2.45, 2.75) is 44.2 Å². The Morgan fingerprint density at radius 3 is 2.56 bits per heavy atom. The van der Waals surface area contributed by atoms with Gasteiger partial charge in [-0.2, -0.15) is 5.10 Å². The SMILES string of the molecule is C=CC(=O)N1CCC(Nc2cc3c(Nc4ccc(Oc5cnnc(NC6CCC6)c5)cc4F)ncnc3cc2OC)CC1. The van der Waals surface area contributed by atoms with E-state index in [4.69, 9.17) is 9.47 Å². The van der Waals surface area contributed by atoms with E-state index >= 15 is 4.39 Å². The quantitative estimate of drug-likeness (QED) is 0.201. The van der Waals surface area contributed by atoms with E-state index in [1.165, 1.54) is 31.1 Å². The molecule has 2 aromatic carbocycles. The Hall–Kier alpha value is -5.00. The third-order valence-corrected chi connectivity index (χ3v) is 7.81. The van der Waals surface area contributed by atoms with Crippen molar-refractivity contribution >= 4 is 39.8 Å². The highest BCUT2D eigenvalue weighted by atomic mass is 19.1. The van der Waals surface area contributed by atoms with Crippen molar-refractivity contribution in [3.05, 3.63) is 67.4 Å². The van der Waals surface area contributed by atoms with E-state index in [0.29, 0.717) is 58.9 Å². The van der Waals surface area contributed by atoms with Crippen LogP contribution in [0.2, 0.25) is 0 Å². The molecule has 12 heteroatoms. The second-order valence-corrected chi connectivity index (χ2v) is 10.7. The second kappa shape index (κ2) is 12.5. The van der Waals surface area contributed by atoms with Crippen molar-refractivity contribution < 1.29 is 18.7 Å². The molecule has 11 nitrogen and oxygen atoms in total. The van der Waals surface area contributed by atoms with Crippen LogP contribution in [0.1, 0.15) is 32.1 Å². The number of hydrogen-bond donors (Lipinski definition) is 3. The van der Waals surface area contributed by atoms with Gasteiger partial charge in [0.25, 0.3) is 0 Å². The van der Waals surface area contributed by atoms with Gasteiger partial charge in [0.05, 0.1) is 30.2 Å². The maximum atomic E-state index is 15.3. The minimum atomic E-state index is -0.508. The number of methoxy groups -OCH3 is 1. The number of nitrogens with one attached hydrogen (secondary N) is 3. The maximum Gasteiger partial charge on any atom is 0.245 e. The number of aromatic nitrogens is 4. The van der Waals surface area contributed by atoms with Gasteiger partial charge in [0.1, 0.15) is 29.5 Å². The number of rotatable bonds is 10. The summed E-state index contributed by atoms with van der Waals surface area (Å²) >= 11 is 0. The van der Waals surface area contributed by atoms with E-state index in [2.05, 4.69) is 42.7 Å².